The molecule has 0 unspecified atom stereocenters. The van der Waals surface area contributed by atoms with Gasteiger partial charge < -0.3 is 20.1 Å². The van der Waals surface area contributed by atoms with Gasteiger partial charge in [-0.3, -0.25) is 4.79 Å². The van der Waals surface area contributed by atoms with E-state index >= 15 is 0 Å². The molecule has 0 aliphatic rings. The van der Waals surface area contributed by atoms with Gasteiger partial charge in [0.05, 0.1) is 17.2 Å². The molecule has 0 radical (unpaired) electrons. The monoisotopic (exact) mass is 542 g/mol. The Hall–Kier alpha value is -2.12. The molecule has 0 spiro atoms. The highest BCUT2D eigenvalue weighted by molar-refractivity contribution is 9.10. The Balaban J connectivity index is 1.63. The Labute approximate surface area is 203 Å². The number of carbonyl (C=O) groups is 1. The summed E-state index contributed by atoms with van der Waals surface area (Å²) in [5.74, 6) is 0.390. The zero-order valence-electron chi connectivity index (χ0n) is 16.3. The minimum absolute atomic E-state index is 0.228. The minimum atomic E-state index is -0.335. The van der Waals surface area contributed by atoms with Gasteiger partial charge in [0.1, 0.15) is 0 Å². The van der Waals surface area contributed by atoms with Gasteiger partial charge in [-0.1, -0.05) is 34.8 Å². The second kappa shape index (κ2) is 11.0. The molecule has 0 saturated heterocycles. The fourth-order valence-corrected chi connectivity index (χ4v) is 3.53. The van der Waals surface area contributed by atoms with Crippen molar-refractivity contribution >= 4 is 68.0 Å². The van der Waals surface area contributed by atoms with Crippen molar-refractivity contribution in [2.45, 2.75) is 6.54 Å². The predicted octanol–water partition coefficient (Wildman–Crippen LogP) is 7.05. The third-order valence-electron chi connectivity index (χ3n) is 4.18. The molecule has 0 fully saturated rings. The maximum atomic E-state index is 12.2. The van der Waals surface area contributed by atoms with E-state index in [1.165, 1.54) is 7.11 Å². The van der Waals surface area contributed by atoms with Gasteiger partial charge in [-0.2, -0.15) is 0 Å². The van der Waals surface area contributed by atoms with Crippen molar-refractivity contribution in [2.75, 3.05) is 24.4 Å². The standard InChI is InChI=1S/C22H18BrCl3N2O3/c1-30-20-9-13(11-27-16-6-7-17(23)18(25)10-16)8-19(26)22(20)31-12-21(29)28-15-4-2-14(24)3-5-15/h2-10,27H,11-12H2,1H3,(H,28,29). The summed E-state index contributed by atoms with van der Waals surface area (Å²) in [6.07, 6.45) is 0. The molecule has 9 heteroatoms. The van der Waals surface area contributed by atoms with E-state index in [2.05, 4.69) is 26.6 Å². The maximum Gasteiger partial charge on any atom is 0.262 e. The molecule has 3 aromatic carbocycles. The van der Waals surface area contributed by atoms with E-state index in [9.17, 15) is 4.79 Å². The molecule has 0 heterocycles. The van der Waals surface area contributed by atoms with Crippen LogP contribution in [0.15, 0.2) is 59.1 Å². The van der Waals surface area contributed by atoms with Crippen LogP contribution in [0.4, 0.5) is 11.4 Å². The number of ether oxygens (including phenoxy) is 2. The van der Waals surface area contributed by atoms with Gasteiger partial charge in [-0.25, -0.2) is 0 Å². The molecule has 162 valence electrons. The summed E-state index contributed by atoms with van der Waals surface area (Å²) in [5.41, 5.74) is 2.35. The summed E-state index contributed by atoms with van der Waals surface area (Å²) in [6.45, 7) is 0.263. The van der Waals surface area contributed by atoms with E-state index in [1.54, 1.807) is 36.4 Å². The highest BCUT2D eigenvalue weighted by Gasteiger charge is 2.14. The summed E-state index contributed by atoms with van der Waals surface area (Å²) < 4.78 is 11.9. The van der Waals surface area contributed by atoms with Crippen LogP contribution < -0.4 is 20.1 Å². The Morgan fingerprint density at radius 2 is 1.68 bits per heavy atom. The van der Waals surface area contributed by atoms with Crippen molar-refractivity contribution in [3.63, 3.8) is 0 Å². The van der Waals surface area contributed by atoms with Crippen LogP contribution >= 0.6 is 50.7 Å². The number of amides is 1. The summed E-state index contributed by atoms with van der Waals surface area (Å²) in [4.78, 5) is 12.2. The Bertz CT molecular complexity index is 1080. The maximum absolute atomic E-state index is 12.2. The van der Waals surface area contributed by atoms with Crippen LogP contribution in [0.25, 0.3) is 0 Å². The van der Waals surface area contributed by atoms with Gasteiger partial charge in [0, 0.05) is 27.4 Å². The first-order valence-electron chi connectivity index (χ1n) is 9.09. The van der Waals surface area contributed by atoms with Gasteiger partial charge in [0.2, 0.25) is 0 Å². The molecule has 5 nitrogen and oxygen atoms in total. The number of halogens is 4. The van der Waals surface area contributed by atoms with Gasteiger partial charge in [-0.05, 0) is 76.1 Å². The van der Waals surface area contributed by atoms with Gasteiger partial charge in [0.15, 0.2) is 18.1 Å². The predicted molar refractivity (Wildman–Crippen MR) is 130 cm³/mol. The Morgan fingerprint density at radius 3 is 2.35 bits per heavy atom. The molecule has 3 aromatic rings. The van der Waals surface area contributed by atoms with Crippen LogP contribution in [0.2, 0.25) is 15.1 Å². The number of methoxy groups -OCH3 is 1. The number of carbonyl (C=O) groups excluding carboxylic acids is 1. The van der Waals surface area contributed by atoms with Crippen LogP contribution in [-0.2, 0) is 11.3 Å². The Morgan fingerprint density at radius 1 is 0.968 bits per heavy atom. The van der Waals surface area contributed by atoms with E-state index in [1.807, 2.05) is 18.2 Å². The van der Waals surface area contributed by atoms with Crippen molar-refractivity contribution in [1.82, 2.24) is 0 Å². The number of hydrogen-bond acceptors (Lipinski definition) is 4. The van der Waals surface area contributed by atoms with Crippen LogP contribution in [0.1, 0.15) is 5.56 Å². The zero-order chi connectivity index (χ0) is 22.4. The average molecular weight is 545 g/mol. The quantitative estimate of drug-likeness (QED) is 0.319. The van der Waals surface area contributed by atoms with Crippen LogP contribution in [-0.4, -0.2) is 19.6 Å². The average Bonchev–Trinajstić information content (AvgIpc) is 2.75. The third kappa shape index (κ3) is 6.68. The van der Waals surface area contributed by atoms with Crippen molar-refractivity contribution in [1.29, 1.82) is 0 Å². The fourth-order valence-electron chi connectivity index (χ4n) is 2.69. The largest absolute Gasteiger partial charge is 0.493 e. The summed E-state index contributed by atoms with van der Waals surface area (Å²) in [6, 6.07) is 15.9. The molecule has 0 bridgehead atoms. The molecule has 0 aliphatic carbocycles. The number of nitrogens with one attached hydrogen (secondary N) is 2. The number of rotatable bonds is 8. The summed E-state index contributed by atoms with van der Waals surface area (Å²) in [5, 5.41) is 7.53. The van der Waals surface area contributed by atoms with E-state index in [0.29, 0.717) is 38.8 Å². The van der Waals surface area contributed by atoms with E-state index in [4.69, 9.17) is 44.3 Å². The van der Waals surface area contributed by atoms with Crippen LogP contribution in [0.3, 0.4) is 0 Å². The normalized spacial score (nSPS) is 10.5. The van der Waals surface area contributed by atoms with Crippen LogP contribution in [0.5, 0.6) is 11.5 Å². The molecular formula is C22H18BrCl3N2O3. The second-order valence-electron chi connectivity index (χ2n) is 6.44. The first kappa shape index (κ1) is 23.5. The minimum Gasteiger partial charge on any atom is -0.493 e. The lowest BCUT2D eigenvalue weighted by Crippen LogP contribution is -2.20. The van der Waals surface area contributed by atoms with Crippen LogP contribution in [0, 0.1) is 0 Å². The highest BCUT2D eigenvalue weighted by Crippen LogP contribution is 2.37. The van der Waals surface area contributed by atoms with Gasteiger partial charge in [-0.15, -0.1) is 0 Å². The first-order valence-corrected chi connectivity index (χ1v) is 11.0. The van der Waals surface area contributed by atoms with E-state index in [-0.39, 0.29) is 12.5 Å². The Kier molecular flexibility index (Phi) is 8.32. The van der Waals surface area contributed by atoms with Gasteiger partial charge >= 0.3 is 0 Å². The summed E-state index contributed by atoms with van der Waals surface area (Å²) in [7, 11) is 1.51. The number of benzene rings is 3. The molecule has 0 atom stereocenters. The van der Waals surface area contributed by atoms with E-state index < -0.39 is 0 Å². The SMILES string of the molecule is COc1cc(CNc2ccc(Br)c(Cl)c2)cc(Cl)c1OCC(=O)Nc1ccc(Cl)cc1. The van der Waals surface area contributed by atoms with Crippen molar-refractivity contribution in [3.8, 4) is 11.5 Å². The molecule has 0 aromatic heterocycles. The first-order chi connectivity index (χ1) is 14.9. The van der Waals surface area contributed by atoms with E-state index in [0.717, 1.165) is 15.7 Å². The third-order valence-corrected chi connectivity index (χ3v) is 5.95. The molecular weight excluding hydrogens is 527 g/mol. The number of hydrogen-bond donors (Lipinski definition) is 2. The summed E-state index contributed by atoms with van der Waals surface area (Å²) >= 11 is 21.7. The van der Waals surface area contributed by atoms with Crippen molar-refractivity contribution < 1.29 is 14.3 Å². The number of anilines is 2. The smallest absolute Gasteiger partial charge is 0.262 e. The highest BCUT2D eigenvalue weighted by atomic mass is 79.9. The molecule has 31 heavy (non-hydrogen) atoms. The second-order valence-corrected chi connectivity index (χ2v) is 8.54. The lowest BCUT2D eigenvalue weighted by molar-refractivity contribution is -0.118. The van der Waals surface area contributed by atoms with Gasteiger partial charge in [0.25, 0.3) is 5.91 Å². The zero-order valence-corrected chi connectivity index (χ0v) is 20.2. The van der Waals surface area contributed by atoms with Crippen molar-refractivity contribution in [2.24, 2.45) is 0 Å². The molecule has 2 N–H and O–H groups in total. The molecule has 1 amide bonds. The molecule has 3 rings (SSSR count). The fraction of sp³-hybridized carbons (Fsp3) is 0.136. The lowest BCUT2D eigenvalue weighted by atomic mass is 10.2. The molecule has 0 aliphatic heterocycles. The topological polar surface area (TPSA) is 59.6 Å². The van der Waals surface area contributed by atoms with Crippen molar-refractivity contribution in [3.05, 3.63) is 79.7 Å². The molecule has 0 saturated carbocycles. The lowest BCUT2D eigenvalue weighted by Gasteiger charge is -2.15.